The molecule has 0 aliphatic heterocycles. The fourth-order valence-corrected chi connectivity index (χ4v) is 2.87. The number of benzene rings is 2. The quantitative estimate of drug-likeness (QED) is 0.576. The van der Waals surface area contributed by atoms with Crippen LogP contribution in [0.15, 0.2) is 73.1 Å². The van der Waals surface area contributed by atoms with Gasteiger partial charge in [0.05, 0.1) is 6.04 Å². The molecule has 2 aromatic carbocycles. The highest BCUT2D eigenvalue weighted by molar-refractivity contribution is 7.80. The maximum absolute atomic E-state index is 12.9. The molecular formula is C22H22FN3OS. The highest BCUT2D eigenvalue weighted by atomic mass is 32.1. The van der Waals surface area contributed by atoms with Gasteiger partial charge in [0.15, 0.2) is 5.11 Å². The van der Waals surface area contributed by atoms with E-state index in [0.717, 1.165) is 22.4 Å². The minimum Gasteiger partial charge on any atom is -0.489 e. The zero-order chi connectivity index (χ0) is 19.8. The standard InChI is InChI=1S/C22H22FN3OS/c1-16(26-22(28)25-14-17-4-8-20(23)9-5-17)19-6-10-21(11-7-19)27-15-18-3-2-12-24-13-18/h2-13,16H,14-15H2,1H3,(H2,25,26,28). The molecule has 0 amide bonds. The summed E-state index contributed by atoms with van der Waals surface area (Å²) in [5.41, 5.74) is 3.09. The van der Waals surface area contributed by atoms with Crippen LogP contribution in [0.2, 0.25) is 0 Å². The minimum absolute atomic E-state index is 0.0422. The van der Waals surface area contributed by atoms with Gasteiger partial charge in [-0.15, -0.1) is 0 Å². The summed E-state index contributed by atoms with van der Waals surface area (Å²) in [6.45, 7) is 3.07. The summed E-state index contributed by atoms with van der Waals surface area (Å²) >= 11 is 5.35. The van der Waals surface area contributed by atoms with Gasteiger partial charge in [-0.05, 0) is 60.6 Å². The lowest BCUT2D eigenvalue weighted by molar-refractivity contribution is 0.305. The highest BCUT2D eigenvalue weighted by Gasteiger charge is 2.07. The third-order valence-electron chi connectivity index (χ3n) is 4.22. The van der Waals surface area contributed by atoms with Crippen molar-refractivity contribution in [3.05, 3.63) is 95.6 Å². The molecule has 0 saturated carbocycles. The largest absolute Gasteiger partial charge is 0.489 e. The van der Waals surface area contributed by atoms with Gasteiger partial charge in [-0.25, -0.2) is 4.39 Å². The smallest absolute Gasteiger partial charge is 0.167 e. The van der Waals surface area contributed by atoms with E-state index in [1.165, 1.54) is 12.1 Å². The van der Waals surface area contributed by atoms with Crippen molar-refractivity contribution in [3.8, 4) is 5.75 Å². The van der Waals surface area contributed by atoms with E-state index in [1.54, 1.807) is 24.5 Å². The molecule has 0 fully saturated rings. The number of ether oxygens (including phenoxy) is 1. The van der Waals surface area contributed by atoms with E-state index >= 15 is 0 Å². The van der Waals surface area contributed by atoms with E-state index < -0.39 is 0 Å². The molecule has 144 valence electrons. The first-order chi connectivity index (χ1) is 13.6. The van der Waals surface area contributed by atoms with Crippen LogP contribution in [0.25, 0.3) is 0 Å². The van der Waals surface area contributed by atoms with E-state index in [1.807, 2.05) is 43.3 Å². The van der Waals surface area contributed by atoms with E-state index in [2.05, 4.69) is 15.6 Å². The molecule has 1 atom stereocenters. The van der Waals surface area contributed by atoms with Gasteiger partial charge < -0.3 is 15.4 Å². The van der Waals surface area contributed by atoms with Crippen molar-refractivity contribution in [3.63, 3.8) is 0 Å². The Hall–Kier alpha value is -2.99. The van der Waals surface area contributed by atoms with Crippen molar-refractivity contribution < 1.29 is 9.13 Å². The summed E-state index contributed by atoms with van der Waals surface area (Å²) in [6, 6.07) is 18.2. The number of halogens is 1. The second-order valence-corrected chi connectivity index (χ2v) is 6.80. The first kappa shape index (κ1) is 19.8. The van der Waals surface area contributed by atoms with E-state index in [0.29, 0.717) is 18.3 Å². The maximum Gasteiger partial charge on any atom is 0.167 e. The number of rotatable bonds is 7. The van der Waals surface area contributed by atoms with E-state index in [4.69, 9.17) is 17.0 Å². The summed E-state index contributed by atoms with van der Waals surface area (Å²) in [7, 11) is 0. The van der Waals surface area contributed by atoms with Crippen LogP contribution in [0.1, 0.15) is 29.7 Å². The van der Waals surface area contributed by atoms with Crippen molar-refractivity contribution in [2.24, 2.45) is 0 Å². The fraction of sp³-hybridized carbons (Fsp3) is 0.182. The van der Waals surface area contributed by atoms with Gasteiger partial charge in [-0.1, -0.05) is 30.3 Å². The van der Waals surface area contributed by atoms with Crippen LogP contribution in [0.3, 0.4) is 0 Å². The van der Waals surface area contributed by atoms with Gasteiger partial charge in [-0.2, -0.15) is 0 Å². The molecule has 0 saturated heterocycles. The van der Waals surface area contributed by atoms with Crippen LogP contribution in [0, 0.1) is 5.82 Å². The SMILES string of the molecule is CC(NC(=S)NCc1ccc(F)cc1)c1ccc(OCc2cccnc2)cc1. The van der Waals surface area contributed by atoms with Crippen LogP contribution < -0.4 is 15.4 Å². The van der Waals surface area contributed by atoms with Gasteiger partial charge in [0, 0.05) is 24.5 Å². The van der Waals surface area contributed by atoms with Crippen molar-refractivity contribution in [1.29, 1.82) is 0 Å². The van der Waals surface area contributed by atoms with Crippen molar-refractivity contribution >= 4 is 17.3 Å². The van der Waals surface area contributed by atoms with Crippen molar-refractivity contribution in [2.45, 2.75) is 26.1 Å². The zero-order valence-electron chi connectivity index (χ0n) is 15.6. The number of hydrogen-bond donors (Lipinski definition) is 2. The average Bonchev–Trinajstić information content (AvgIpc) is 2.73. The molecule has 1 aromatic heterocycles. The molecule has 3 aromatic rings. The van der Waals surface area contributed by atoms with Crippen molar-refractivity contribution in [1.82, 2.24) is 15.6 Å². The summed E-state index contributed by atoms with van der Waals surface area (Å²) in [5.74, 6) is 0.558. The first-order valence-electron chi connectivity index (χ1n) is 9.00. The minimum atomic E-state index is -0.245. The third kappa shape index (κ3) is 6.03. The van der Waals surface area contributed by atoms with Gasteiger partial charge in [-0.3, -0.25) is 4.98 Å². The topological polar surface area (TPSA) is 46.2 Å². The van der Waals surface area contributed by atoms with Gasteiger partial charge in [0.2, 0.25) is 0 Å². The van der Waals surface area contributed by atoms with Gasteiger partial charge in [0.25, 0.3) is 0 Å². The Kier molecular flexibility index (Phi) is 6.92. The van der Waals surface area contributed by atoms with Crippen LogP contribution in [0.4, 0.5) is 4.39 Å². The van der Waals surface area contributed by atoms with Crippen LogP contribution >= 0.6 is 12.2 Å². The molecule has 1 unspecified atom stereocenters. The van der Waals surface area contributed by atoms with Crippen molar-refractivity contribution in [2.75, 3.05) is 0 Å². The molecule has 0 aliphatic carbocycles. The Labute approximate surface area is 169 Å². The Balaban J connectivity index is 1.46. The van der Waals surface area contributed by atoms with Crippen LogP contribution in [0.5, 0.6) is 5.75 Å². The highest BCUT2D eigenvalue weighted by Crippen LogP contribution is 2.18. The van der Waals surface area contributed by atoms with E-state index in [9.17, 15) is 4.39 Å². The molecule has 0 radical (unpaired) electrons. The number of pyridine rings is 1. The molecular weight excluding hydrogens is 373 g/mol. The Morgan fingerprint density at radius 1 is 1.07 bits per heavy atom. The van der Waals surface area contributed by atoms with Crippen LogP contribution in [-0.4, -0.2) is 10.1 Å². The number of hydrogen-bond acceptors (Lipinski definition) is 3. The van der Waals surface area contributed by atoms with E-state index in [-0.39, 0.29) is 11.9 Å². The predicted molar refractivity (Wildman–Crippen MR) is 112 cm³/mol. The number of aromatic nitrogens is 1. The zero-order valence-corrected chi connectivity index (χ0v) is 16.4. The Bertz CT molecular complexity index is 886. The summed E-state index contributed by atoms with van der Waals surface area (Å²) in [4.78, 5) is 4.08. The molecule has 1 heterocycles. The van der Waals surface area contributed by atoms with Gasteiger partial charge in [0.1, 0.15) is 18.2 Å². The lowest BCUT2D eigenvalue weighted by atomic mass is 10.1. The number of nitrogens with one attached hydrogen (secondary N) is 2. The molecule has 28 heavy (non-hydrogen) atoms. The lowest BCUT2D eigenvalue weighted by Gasteiger charge is -2.18. The summed E-state index contributed by atoms with van der Waals surface area (Å²) < 4.78 is 18.7. The third-order valence-corrected chi connectivity index (χ3v) is 4.48. The Morgan fingerprint density at radius 2 is 1.82 bits per heavy atom. The number of thiocarbonyl (C=S) groups is 1. The summed E-state index contributed by atoms with van der Waals surface area (Å²) in [6.07, 6.45) is 3.53. The molecule has 6 heteroatoms. The molecule has 4 nitrogen and oxygen atoms in total. The van der Waals surface area contributed by atoms with Crippen LogP contribution in [-0.2, 0) is 13.2 Å². The molecule has 0 spiro atoms. The van der Waals surface area contributed by atoms with Gasteiger partial charge >= 0.3 is 0 Å². The monoisotopic (exact) mass is 395 g/mol. The molecule has 3 rings (SSSR count). The average molecular weight is 396 g/mol. The molecule has 2 N–H and O–H groups in total. The normalized spacial score (nSPS) is 11.5. The lowest BCUT2D eigenvalue weighted by Crippen LogP contribution is -2.36. The molecule has 0 bridgehead atoms. The summed E-state index contributed by atoms with van der Waals surface area (Å²) in [5, 5.41) is 6.94. The maximum atomic E-state index is 12.9. The second kappa shape index (κ2) is 9.80. The fourth-order valence-electron chi connectivity index (χ4n) is 2.62. The Morgan fingerprint density at radius 3 is 2.50 bits per heavy atom. The molecule has 0 aliphatic rings. The first-order valence-corrected chi connectivity index (χ1v) is 9.41. The predicted octanol–water partition coefficient (Wildman–Crippen LogP) is 4.53. The second-order valence-electron chi connectivity index (χ2n) is 6.39. The number of nitrogens with zero attached hydrogens (tertiary/aromatic N) is 1.